The van der Waals surface area contributed by atoms with Gasteiger partial charge in [-0.3, -0.25) is 0 Å². The van der Waals surface area contributed by atoms with Gasteiger partial charge in [0.25, 0.3) is 0 Å². The molecule has 0 aliphatic carbocycles. The largest absolute Gasteiger partial charge is 0.504 e. The summed E-state index contributed by atoms with van der Waals surface area (Å²) in [6, 6.07) is 3.33. The summed E-state index contributed by atoms with van der Waals surface area (Å²) >= 11 is 4.06. The molecular formula is C10H14O2S. The van der Waals surface area contributed by atoms with Crippen molar-refractivity contribution in [1.29, 1.82) is 0 Å². The fourth-order valence-corrected chi connectivity index (χ4v) is 1.29. The fourth-order valence-electron chi connectivity index (χ4n) is 1.04. The van der Waals surface area contributed by atoms with Crippen LogP contribution in [0.2, 0.25) is 0 Å². The number of hydrogen-bond donors (Lipinski definition) is 3. The van der Waals surface area contributed by atoms with Gasteiger partial charge in [-0.1, -0.05) is 20.8 Å². The fraction of sp³-hybridized carbons (Fsp3) is 0.400. The van der Waals surface area contributed by atoms with Crippen molar-refractivity contribution in [2.24, 2.45) is 0 Å². The van der Waals surface area contributed by atoms with E-state index < -0.39 is 0 Å². The second-order valence-corrected chi connectivity index (χ2v) is 4.59. The van der Waals surface area contributed by atoms with Gasteiger partial charge in [0.2, 0.25) is 0 Å². The third-order valence-electron chi connectivity index (χ3n) is 1.94. The second kappa shape index (κ2) is 3.14. The van der Waals surface area contributed by atoms with E-state index in [-0.39, 0.29) is 16.9 Å². The van der Waals surface area contributed by atoms with Crippen LogP contribution in [0, 0.1) is 0 Å². The Labute approximate surface area is 83.6 Å². The van der Waals surface area contributed by atoms with Crippen LogP contribution in [0.15, 0.2) is 17.0 Å². The molecule has 0 aliphatic heterocycles. The van der Waals surface area contributed by atoms with Crippen molar-refractivity contribution in [3.8, 4) is 11.5 Å². The Morgan fingerprint density at radius 2 is 1.69 bits per heavy atom. The summed E-state index contributed by atoms with van der Waals surface area (Å²) in [6.07, 6.45) is 0. The first-order valence-electron chi connectivity index (χ1n) is 4.08. The van der Waals surface area contributed by atoms with Gasteiger partial charge in [0.1, 0.15) is 0 Å². The van der Waals surface area contributed by atoms with Gasteiger partial charge in [-0.05, 0) is 23.1 Å². The lowest BCUT2D eigenvalue weighted by Crippen LogP contribution is -2.10. The Bertz CT molecular complexity index is 303. The predicted octanol–water partition coefficient (Wildman–Crippen LogP) is 2.68. The lowest BCUT2D eigenvalue weighted by Gasteiger charge is -2.20. The van der Waals surface area contributed by atoms with E-state index in [2.05, 4.69) is 12.6 Å². The SMILES string of the molecule is CC(C)(C)c1cc(O)c(O)c(S)c1. The minimum atomic E-state index is -0.156. The Morgan fingerprint density at radius 3 is 2.08 bits per heavy atom. The van der Waals surface area contributed by atoms with Gasteiger partial charge in [-0.25, -0.2) is 0 Å². The molecule has 0 bridgehead atoms. The summed E-state index contributed by atoms with van der Waals surface area (Å²) in [7, 11) is 0. The van der Waals surface area contributed by atoms with Crippen molar-refractivity contribution >= 4 is 12.6 Å². The standard InChI is InChI=1S/C10H14O2S/c1-10(2,3)6-4-7(11)9(12)8(13)5-6/h4-5,11-13H,1-3H3. The summed E-state index contributed by atoms with van der Waals surface area (Å²) in [5.41, 5.74) is 0.899. The zero-order valence-electron chi connectivity index (χ0n) is 8.00. The number of thiol groups is 1. The third kappa shape index (κ3) is 2.10. The van der Waals surface area contributed by atoms with Crippen LogP contribution in [-0.4, -0.2) is 10.2 Å². The first-order chi connectivity index (χ1) is 5.82. The minimum Gasteiger partial charge on any atom is -0.504 e. The summed E-state index contributed by atoms with van der Waals surface area (Å²) < 4.78 is 0. The maximum atomic E-state index is 9.35. The Hall–Kier alpha value is -0.830. The highest BCUT2D eigenvalue weighted by Crippen LogP contribution is 2.36. The Balaban J connectivity index is 3.29. The van der Waals surface area contributed by atoms with Crippen LogP contribution in [0.4, 0.5) is 0 Å². The van der Waals surface area contributed by atoms with Crippen LogP contribution in [0.3, 0.4) is 0 Å². The van der Waals surface area contributed by atoms with Gasteiger partial charge in [-0.15, -0.1) is 12.6 Å². The minimum absolute atomic E-state index is 0.0529. The average molecular weight is 198 g/mol. The monoisotopic (exact) mass is 198 g/mol. The topological polar surface area (TPSA) is 40.5 Å². The molecule has 0 heterocycles. The van der Waals surface area contributed by atoms with E-state index in [0.717, 1.165) is 5.56 Å². The molecule has 0 aliphatic rings. The summed E-state index contributed by atoms with van der Waals surface area (Å²) in [4.78, 5) is 0.407. The molecule has 0 radical (unpaired) electrons. The van der Waals surface area contributed by atoms with E-state index in [1.807, 2.05) is 20.8 Å². The van der Waals surface area contributed by atoms with Crippen LogP contribution in [0.25, 0.3) is 0 Å². The summed E-state index contributed by atoms with van der Waals surface area (Å²) in [5, 5.41) is 18.6. The lowest BCUT2D eigenvalue weighted by molar-refractivity contribution is 0.392. The molecule has 2 N–H and O–H groups in total. The molecule has 3 heteroatoms. The molecular weight excluding hydrogens is 184 g/mol. The number of phenols is 2. The van der Waals surface area contributed by atoms with Gasteiger partial charge in [0, 0.05) is 0 Å². The Kier molecular flexibility index (Phi) is 2.48. The normalized spacial score (nSPS) is 11.7. The van der Waals surface area contributed by atoms with Crippen LogP contribution in [0.1, 0.15) is 26.3 Å². The molecule has 0 spiro atoms. The van der Waals surface area contributed by atoms with Crippen LogP contribution < -0.4 is 0 Å². The zero-order valence-corrected chi connectivity index (χ0v) is 8.89. The van der Waals surface area contributed by atoms with Crippen molar-refractivity contribution < 1.29 is 10.2 Å². The van der Waals surface area contributed by atoms with Crippen LogP contribution in [-0.2, 0) is 5.41 Å². The van der Waals surface area contributed by atoms with Crippen molar-refractivity contribution in [3.05, 3.63) is 17.7 Å². The van der Waals surface area contributed by atoms with Crippen molar-refractivity contribution in [2.75, 3.05) is 0 Å². The molecule has 1 rings (SSSR count). The van der Waals surface area contributed by atoms with Crippen LogP contribution >= 0.6 is 12.6 Å². The molecule has 2 nitrogen and oxygen atoms in total. The second-order valence-electron chi connectivity index (χ2n) is 4.11. The average Bonchev–Trinajstić information content (AvgIpc) is 1.97. The molecule has 0 unspecified atom stereocenters. The first kappa shape index (κ1) is 10.3. The zero-order chi connectivity index (χ0) is 10.2. The number of hydrogen-bond acceptors (Lipinski definition) is 3. The summed E-state index contributed by atoms with van der Waals surface area (Å²) in [5.74, 6) is -0.270. The molecule has 0 saturated heterocycles. The molecule has 0 amide bonds. The highest BCUT2D eigenvalue weighted by atomic mass is 32.1. The van der Waals surface area contributed by atoms with Crippen molar-refractivity contribution in [3.63, 3.8) is 0 Å². The molecule has 13 heavy (non-hydrogen) atoms. The molecule has 0 aromatic heterocycles. The van der Waals surface area contributed by atoms with Gasteiger partial charge < -0.3 is 10.2 Å². The van der Waals surface area contributed by atoms with Gasteiger partial charge >= 0.3 is 0 Å². The molecule has 72 valence electrons. The van der Waals surface area contributed by atoms with Gasteiger partial charge in [0.05, 0.1) is 4.90 Å². The molecule has 1 aromatic rings. The quantitative estimate of drug-likeness (QED) is 0.443. The van der Waals surface area contributed by atoms with E-state index in [1.165, 1.54) is 0 Å². The number of phenolic OH excluding ortho intramolecular Hbond substituents is 2. The van der Waals surface area contributed by atoms with Crippen molar-refractivity contribution in [1.82, 2.24) is 0 Å². The third-order valence-corrected chi connectivity index (χ3v) is 2.28. The smallest absolute Gasteiger partial charge is 0.171 e. The highest BCUT2D eigenvalue weighted by molar-refractivity contribution is 7.80. The number of benzene rings is 1. The maximum Gasteiger partial charge on any atom is 0.171 e. The molecule has 0 saturated carbocycles. The van der Waals surface area contributed by atoms with E-state index in [1.54, 1.807) is 12.1 Å². The first-order valence-corrected chi connectivity index (χ1v) is 4.52. The number of rotatable bonds is 0. The van der Waals surface area contributed by atoms with Gasteiger partial charge in [-0.2, -0.15) is 0 Å². The number of aromatic hydroxyl groups is 2. The van der Waals surface area contributed by atoms with Crippen molar-refractivity contribution in [2.45, 2.75) is 31.1 Å². The summed E-state index contributed by atoms with van der Waals surface area (Å²) in [6.45, 7) is 6.10. The van der Waals surface area contributed by atoms with Crippen LogP contribution in [0.5, 0.6) is 11.5 Å². The molecule has 0 fully saturated rings. The van der Waals surface area contributed by atoms with Gasteiger partial charge in [0.15, 0.2) is 11.5 Å². The highest BCUT2D eigenvalue weighted by Gasteiger charge is 2.17. The van der Waals surface area contributed by atoms with E-state index in [4.69, 9.17) is 0 Å². The maximum absolute atomic E-state index is 9.35. The van der Waals surface area contributed by atoms with E-state index in [0.29, 0.717) is 4.90 Å². The Morgan fingerprint density at radius 1 is 1.15 bits per heavy atom. The predicted molar refractivity (Wildman–Crippen MR) is 55.7 cm³/mol. The van der Waals surface area contributed by atoms with E-state index >= 15 is 0 Å². The lowest BCUT2D eigenvalue weighted by atomic mass is 9.87. The van der Waals surface area contributed by atoms with E-state index in [9.17, 15) is 10.2 Å². The molecule has 1 aromatic carbocycles. The molecule has 0 atom stereocenters.